The Kier molecular flexibility index (Phi) is 7.62. The predicted molar refractivity (Wildman–Crippen MR) is 55.6 cm³/mol. The van der Waals surface area contributed by atoms with Gasteiger partial charge in [0.25, 0.3) is 0 Å². The van der Waals surface area contributed by atoms with Gasteiger partial charge in [-0.1, -0.05) is 6.92 Å². The fraction of sp³-hybridized carbons (Fsp3) is 0.800. The van der Waals surface area contributed by atoms with Crippen LogP contribution in [0.2, 0.25) is 0 Å². The lowest BCUT2D eigenvalue weighted by molar-refractivity contribution is -0.137. The van der Waals surface area contributed by atoms with Gasteiger partial charge < -0.3 is 15.2 Å². The van der Waals surface area contributed by atoms with Crippen LogP contribution in [0.4, 0.5) is 0 Å². The maximum atomic E-state index is 11.4. The molecule has 0 aromatic heterocycles. The normalized spacial score (nSPS) is 12.1. The molecule has 0 fully saturated rings. The minimum atomic E-state index is -0.846. The van der Waals surface area contributed by atoms with E-state index in [-0.39, 0.29) is 12.3 Å². The number of carbonyl (C=O) groups is 2. The zero-order valence-electron chi connectivity index (χ0n) is 9.28. The average Bonchev–Trinajstić information content (AvgIpc) is 2.20. The summed E-state index contributed by atoms with van der Waals surface area (Å²) in [5.74, 6) is -1.01. The number of aliphatic carboxylic acids is 1. The molecule has 1 amide bonds. The highest BCUT2D eigenvalue weighted by Gasteiger charge is 2.15. The van der Waals surface area contributed by atoms with Gasteiger partial charge in [0.1, 0.15) is 6.10 Å². The summed E-state index contributed by atoms with van der Waals surface area (Å²) in [6.45, 7) is 4.59. The van der Waals surface area contributed by atoms with E-state index in [0.717, 1.165) is 0 Å². The standard InChI is InChI=1S/C10H19NO4/c1-3-8(15-4-2)10(14)11-7-5-6-9(12)13/h8H,3-7H2,1-2H3,(H,11,14)(H,12,13). The first kappa shape index (κ1) is 13.9. The predicted octanol–water partition coefficient (Wildman–Crippen LogP) is 0.782. The van der Waals surface area contributed by atoms with Crippen molar-refractivity contribution in [3.63, 3.8) is 0 Å². The first-order valence-electron chi connectivity index (χ1n) is 5.22. The fourth-order valence-corrected chi connectivity index (χ4v) is 1.15. The number of nitrogens with one attached hydrogen (secondary N) is 1. The molecule has 0 bridgehead atoms. The van der Waals surface area contributed by atoms with Gasteiger partial charge in [0, 0.05) is 19.6 Å². The largest absolute Gasteiger partial charge is 0.481 e. The van der Waals surface area contributed by atoms with Crippen molar-refractivity contribution >= 4 is 11.9 Å². The Morgan fingerprint density at radius 2 is 2.07 bits per heavy atom. The van der Waals surface area contributed by atoms with Crippen LogP contribution in [0.5, 0.6) is 0 Å². The third-order valence-electron chi connectivity index (χ3n) is 1.90. The van der Waals surface area contributed by atoms with Gasteiger partial charge in [0.05, 0.1) is 0 Å². The van der Waals surface area contributed by atoms with E-state index in [1.807, 2.05) is 13.8 Å². The first-order chi connectivity index (χ1) is 7.11. The number of rotatable bonds is 8. The molecule has 0 saturated carbocycles. The highest BCUT2D eigenvalue weighted by molar-refractivity contribution is 5.80. The summed E-state index contributed by atoms with van der Waals surface area (Å²) in [6, 6.07) is 0. The van der Waals surface area contributed by atoms with Crippen LogP contribution in [0.25, 0.3) is 0 Å². The van der Waals surface area contributed by atoms with E-state index in [1.165, 1.54) is 0 Å². The van der Waals surface area contributed by atoms with Crippen LogP contribution in [-0.4, -0.2) is 36.2 Å². The maximum absolute atomic E-state index is 11.4. The topological polar surface area (TPSA) is 75.6 Å². The van der Waals surface area contributed by atoms with Crippen LogP contribution in [0.3, 0.4) is 0 Å². The molecule has 1 unspecified atom stereocenters. The third-order valence-corrected chi connectivity index (χ3v) is 1.90. The van der Waals surface area contributed by atoms with E-state index in [2.05, 4.69) is 5.32 Å². The SMILES string of the molecule is CCOC(CC)C(=O)NCCCC(=O)O. The Hall–Kier alpha value is -1.10. The second kappa shape index (κ2) is 8.23. The molecular weight excluding hydrogens is 198 g/mol. The molecule has 0 aliphatic carbocycles. The quantitative estimate of drug-likeness (QED) is 0.589. The number of hydrogen-bond donors (Lipinski definition) is 2. The van der Waals surface area contributed by atoms with Crippen LogP contribution in [0, 0.1) is 0 Å². The lowest BCUT2D eigenvalue weighted by atomic mass is 10.2. The lowest BCUT2D eigenvalue weighted by Crippen LogP contribution is -2.36. The van der Waals surface area contributed by atoms with Crippen molar-refractivity contribution < 1.29 is 19.4 Å². The van der Waals surface area contributed by atoms with Crippen LogP contribution >= 0.6 is 0 Å². The summed E-state index contributed by atoms with van der Waals surface area (Å²) in [7, 11) is 0. The van der Waals surface area contributed by atoms with Gasteiger partial charge in [-0.25, -0.2) is 0 Å². The Bertz CT molecular complexity index is 206. The molecule has 0 aromatic rings. The first-order valence-corrected chi connectivity index (χ1v) is 5.22. The number of carbonyl (C=O) groups excluding carboxylic acids is 1. The molecule has 0 heterocycles. The highest BCUT2D eigenvalue weighted by Crippen LogP contribution is 1.98. The summed E-state index contributed by atoms with van der Waals surface area (Å²) >= 11 is 0. The monoisotopic (exact) mass is 217 g/mol. The molecule has 0 spiro atoms. The van der Waals surface area contributed by atoms with Crippen molar-refractivity contribution in [3.05, 3.63) is 0 Å². The molecule has 0 radical (unpaired) electrons. The Morgan fingerprint density at radius 3 is 2.53 bits per heavy atom. The van der Waals surface area contributed by atoms with E-state index in [4.69, 9.17) is 9.84 Å². The minimum absolute atomic E-state index is 0.0751. The average molecular weight is 217 g/mol. The van der Waals surface area contributed by atoms with Gasteiger partial charge in [-0.2, -0.15) is 0 Å². The molecule has 15 heavy (non-hydrogen) atoms. The molecule has 0 aromatic carbocycles. The number of carboxylic acid groups (broad SMARTS) is 1. The van der Waals surface area contributed by atoms with Crippen LogP contribution in [0.15, 0.2) is 0 Å². The lowest BCUT2D eigenvalue weighted by Gasteiger charge is -2.14. The van der Waals surface area contributed by atoms with Crippen molar-refractivity contribution in [2.75, 3.05) is 13.2 Å². The van der Waals surface area contributed by atoms with Crippen molar-refractivity contribution in [2.45, 2.75) is 39.2 Å². The van der Waals surface area contributed by atoms with Gasteiger partial charge in [-0.3, -0.25) is 9.59 Å². The Labute approximate surface area is 89.8 Å². The van der Waals surface area contributed by atoms with Crippen molar-refractivity contribution in [1.29, 1.82) is 0 Å². The van der Waals surface area contributed by atoms with Gasteiger partial charge >= 0.3 is 5.97 Å². The number of carboxylic acids is 1. The summed E-state index contributed by atoms with van der Waals surface area (Å²) in [5.41, 5.74) is 0. The Morgan fingerprint density at radius 1 is 1.40 bits per heavy atom. The van der Waals surface area contributed by atoms with E-state index in [1.54, 1.807) is 0 Å². The summed E-state index contributed by atoms with van der Waals surface area (Å²) in [4.78, 5) is 21.6. The molecule has 88 valence electrons. The third kappa shape index (κ3) is 6.90. The van der Waals surface area contributed by atoms with Gasteiger partial charge in [0.2, 0.25) is 5.91 Å². The molecule has 0 rings (SSSR count). The van der Waals surface area contributed by atoms with Gasteiger partial charge in [-0.05, 0) is 19.8 Å². The van der Waals surface area contributed by atoms with Crippen LogP contribution < -0.4 is 5.32 Å². The van der Waals surface area contributed by atoms with E-state index >= 15 is 0 Å². The molecule has 5 nitrogen and oxygen atoms in total. The molecule has 0 saturated heterocycles. The molecule has 1 atom stereocenters. The zero-order valence-corrected chi connectivity index (χ0v) is 9.28. The maximum Gasteiger partial charge on any atom is 0.303 e. The summed E-state index contributed by atoms with van der Waals surface area (Å²) < 4.78 is 5.20. The highest BCUT2D eigenvalue weighted by atomic mass is 16.5. The summed E-state index contributed by atoms with van der Waals surface area (Å²) in [5, 5.41) is 11.0. The number of ether oxygens (including phenoxy) is 1. The molecule has 0 aliphatic rings. The number of hydrogen-bond acceptors (Lipinski definition) is 3. The van der Waals surface area contributed by atoms with Crippen molar-refractivity contribution in [2.24, 2.45) is 0 Å². The van der Waals surface area contributed by atoms with Crippen molar-refractivity contribution in [3.8, 4) is 0 Å². The smallest absolute Gasteiger partial charge is 0.303 e. The molecule has 5 heteroatoms. The number of amides is 1. The van der Waals surface area contributed by atoms with Crippen molar-refractivity contribution in [1.82, 2.24) is 5.32 Å². The molecular formula is C10H19NO4. The van der Waals surface area contributed by atoms with Gasteiger partial charge in [-0.15, -0.1) is 0 Å². The molecule has 2 N–H and O–H groups in total. The van der Waals surface area contributed by atoms with Gasteiger partial charge in [0.15, 0.2) is 0 Å². The van der Waals surface area contributed by atoms with E-state index in [0.29, 0.717) is 26.0 Å². The minimum Gasteiger partial charge on any atom is -0.481 e. The second-order valence-corrected chi connectivity index (χ2v) is 3.14. The zero-order chi connectivity index (χ0) is 11.7. The second-order valence-electron chi connectivity index (χ2n) is 3.14. The van der Waals surface area contributed by atoms with Crippen LogP contribution in [0.1, 0.15) is 33.1 Å². The van der Waals surface area contributed by atoms with E-state index < -0.39 is 12.1 Å². The molecule has 0 aliphatic heterocycles. The van der Waals surface area contributed by atoms with Crippen LogP contribution in [-0.2, 0) is 14.3 Å². The summed E-state index contributed by atoms with van der Waals surface area (Å²) in [6.07, 6.45) is 0.730. The fourth-order valence-electron chi connectivity index (χ4n) is 1.15. The Balaban J connectivity index is 3.66. The van der Waals surface area contributed by atoms with E-state index in [9.17, 15) is 9.59 Å².